The van der Waals surface area contributed by atoms with E-state index in [1.165, 1.54) is 0 Å². The Hall–Kier alpha value is -1.30. The topological polar surface area (TPSA) is 51.2 Å². The zero-order valence-corrected chi connectivity index (χ0v) is 13.6. The van der Waals surface area contributed by atoms with Crippen LogP contribution in [0.3, 0.4) is 0 Å². The molecule has 112 valence electrons. The fraction of sp³-hybridized carbons (Fsp3) is 0.286. The van der Waals surface area contributed by atoms with E-state index >= 15 is 0 Å². The fourth-order valence-corrected chi connectivity index (χ4v) is 2.94. The van der Waals surface area contributed by atoms with Gasteiger partial charge in [0.05, 0.1) is 10.5 Å². The molecule has 1 aromatic carbocycles. The molecule has 0 radical (unpaired) electrons. The third kappa shape index (κ3) is 5.19. The van der Waals surface area contributed by atoms with E-state index in [1.54, 1.807) is 41.2 Å². The van der Waals surface area contributed by atoms with Gasteiger partial charge in [-0.3, -0.25) is 9.78 Å². The van der Waals surface area contributed by atoms with Crippen molar-refractivity contribution in [3.63, 3.8) is 0 Å². The van der Waals surface area contributed by atoms with Crippen LogP contribution in [0.25, 0.3) is 0 Å². The van der Waals surface area contributed by atoms with Crippen LogP contribution in [0.5, 0.6) is 5.75 Å². The molecule has 4 nitrogen and oxygen atoms in total. The molecule has 1 atom stereocenters. The number of halogens is 2. The van der Waals surface area contributed by atoms with Crippen LogP contribution < -0.4 is 10.1 Å². The van der Waals surface area contributed by atoms with Gasteiger partial charge in [0.25, 0.3) is 5.91 Å². The van der Waals surface area contributed by atoms with Crippen LogP contribution in [0, 0.1) is 0 Å². The number of hydrogen-bond acceptors (Lipinski definition) is 4. The first-order chi connectivity index (χ1) is 10.0. The van der Waals surface area contributed by atoms with Gasteiger partial charge in [-0.05, 0) is 25.1 Å². The molecule has 0 aliphatic rings. The largest absolute Gasteiger partial charge is 0.482 e. The van der Waals surface area contributed by atoms with Gasteiger partial charge in [-0.15, -0.1) is 11.3 Å². The smallest absolute Gasteiger partial charge is 0.258 e. The quantitative estimate of drug-likeness (QED) is 0.871. The maximum absolute atomic E-state index is 11.8. The number of hydrogen-bond donors (Lipinski definition) is 1. The van der Waals surface area contributed by atoms with E-state index < -0.39 is 0 Å². The lowest BCUT2D eigenvalue weighted by molar-refractivity contribution is -0.123. The normalized spacial score (nSPS) is 12.0. The summed E-state index contributed by atoms with van der Waals surface area (Å²) in [6, 6.07) is 4.89. The van der Waals surface area contributed by atoms with Crippen molar-refractivity contribution in [2.75, 3.05) is 6.61 Å². The van der Waals surface area contributed by atoms with E-state index in [4.69, 9.17) is 27.9 Å². The number of nitrogens with one attached hydrogen (secondary N) is 1. The summed E-state index contributed by atoms with van der Waals surface area (Å²) in [5, 5.41) is 3.77. The van der Waals surface area contributed by atoms with Crippen LogP contribution in [-0.4, -0.2) is 23.5 Å². The van der Waals surface area contributed by atoms with Gasteiger partial charge >= 0.3 is 0 Å². The maximum atomic E-state index is 11.8. The van der Waals surface area contributed by atoms with Crippen LogP contribution in [0.4, 0.5) is 0 Å². The maximum Gasteiger partial charge on any atom is 0.258 e. The van der Waals surface area contributed by atoms with Gasteiger partial charge < -0.3 is 10.1 Å². The highest BCUT2D eigenvalue weighted by molar-refractivity contribution is 7.09. The zero-order valence-electron chi connectivity index (χ0n) is 11.3. The average Bonchev–Trinajstić information content (AvgIpc) is 2.90. The van der Waals surface area contributed by atoms with Crippen molar-refractivity contribution in [3.05, 3.63) is 44.8 Å². The summed E-state index contributed by atoms with van der Waals surface area (Å²) >= 11 is 13.3. The van der Waals surface area contributed by atoms with Gasteiger partial charge in [0, 0.05) is 28.6 Å². The molecule has 0 spiro atoms. The zero-order chi connectivity index (χ0) is 15.2. The summed E-state index contributed by atoms with van der Waals surface area (Å²) in [6.45, 7) is 1.85. The molecule has 0 unspecified atom stereocenters. The minimum absolute atomic E-state index is 0.0160. The highest BCUT2D eigenvalue weighted by Crippen LogP contribution is 2.27. The highest BCUT2D eigenvalue weighted by Gasteiger charge is 2.11. The molecule has 0 bridgehead atoms. The lowest BCUT2D eigenvalue weighted by Gasteiger charge is -2.13. The van der Waals surface area contributed by atoms with Crippen LogP contribution in [0.2, 0.25) is 10.0 Å². The molecule has 0 aliphatic carbocycles. The summed E-state index contributed by atoms with van der Waals surface area (Å²) < 4.78 is 5.38. The first kappa shape index (κ1) is 16.1. The molecule has 1 N–H and O–H groups in total. The third-order valence-electron chi connectivity index (χ3n) is 2.65. The van der Waals surface area contributed by atoms with Crippen molar-refractivity contribution in [1.29, 1.82) is 0 Å². The first-order valence-corrected chi connectivity index (χ1v) is 7.92. The number of aromatic nitrogens is 1. The molecular formula is C14H14Cl2N2O2S. The number of nitrogens with zero attached hydrogens (tertiary/aromatic N) is 1. The lowest BCUT2D eigenvalue weighted by Crippen LogP contribution is -2.37. The van der Waals surface area contributed by atoms with Crippen molar-refractivity contribution in [2.24, 2.45) is 0 Å². The Morgan fingerprint density at radius 2 is 2.29 bits per heavy atom. The predicted octanol–water partition coefficient (Wildman–Crippen LogP) is 3.58. The first-order valence-electron chi connectivity index (χ1n) is 6.29. The molecule has 7 heteroatoms. The molecule has 1 amide bonds. The van der Waals surface area contributed by atoms with Gasteiger partial charge in [0.15, 0.2) is 6.61 Å². The molecule has 1 heterocycles. The highest BCUT2D eigenvalue weighted by atomic mass is 35.5. The number of carbonyl (C=O) groups is 1. The molecular weight excluding hydrogens is 331 g/mol. The number of ether oxygens (including phenoxy) is 1. The van der Waals surface area contributed by atoms with Crippen molar-refractivity contribution in [3.8, 4) is 5.75 Å². The minimum atomic E-state index is -0.196. The number of rotatable bonds is 6. The summed E-state index contributed by atoms with van der Waals surface area (Å²) in [6.07, 6.45) is 2.55. The Morgan fingerprint density at radius 3 is 2.95 bits per heavy atom. The van der Waals surface area contributed by atoms with E-state index in [0.29, 0.717) is 15.8 Å². The van der Waals surface area contributed by atoms with E-state index in [-0.39, 0.29) is 18.6 Å². The second kappa shape index (κ2) is 7.64. The Morgan fingerprint density at radius 1 is 1.48 bits per heavy atom. The summed E-state index contributed by atoms with van der Waals surface area (Å²) in [5.41, 5.74) is 1.77. The van der Waals surface area contributed by atoms with Gasteiger partial charge in [0.1, 0.15) is 5.75 Å². The van der Waals surface area contributed by atoms with Crippen LogP contribution in [-0.2, 0) is 11.2 Å². The van der Waals surface area contributed by atoms with E-state index in [2.05, 4.69) is 10.3 Å². The van der Waals surface area contributed by atoms with E-state index in [9.17, 15) is 4.79 Å². The van der Waals surface area contributed by atoms with Crippen LogP contribution in [0.1, 0.15) is 11.8 Å². The van der Waals surface area contributed by atoms with E-state index in [1.807, 2.05) is 6.92 Å². The fourth-order valence-electron chi connectivity index (χ4n) is 1.75. The van der Waals surface area contributed by atoms with Gasteiger partial charge in [-0.1, -0.05) is 23.2 Å². The van der Waals surface area contributed by atoms with Gasteiger partial charge in [0.2, 0.25) is 0 Å². The SMILES string of the molecule is C[C@H](Cc1cncs1)NC(=O)COc1ccc(Cl)cc1Cl. The van der Waals surface area contributed by atoms with Crippen molar-refractivity contribution < 1.29 is 9.53 Å². The molecule has 0 aliphatic heterocycles. The average molecular weight is 345 g/mol. The van der Waals surface area contributed by atoms with Crippen molar-refractivity contribution in [1.82, 2.24) is 10.3 Å². The molecule has 2 rings (SSSR count). The summed E-state index contributed by atoms with van der Waals surface area (Å²) in [4.78, 5) is 16.9. The van der Waals surface area contributed by atoms with Gasteiger partial charge in [-0.25, -0.2) is 0 Å². The Bertz CT molecular complexity index is 605. The standard InChI is InChI=1S/C14H14Cl2N2O2S/c1-9(4-11-6-17-8-21-11)18-14(19)7-20-13-3-2-10(15)5-12(13)16/h2-3,5-6,8-9H,4,7H2,1H3,(H,18,19)/t9-/m1/s1. The predicted molar refractivity (Wildman–Crippen MR) is 85.4 cm³/mol. The molecule has 1 aromatic heterocycles. The molecule has 21 heavy (non-hydrogen) atoms. The molecule has 0 saturated heterocycles. The Kier molecular flexibility index (Phi) is 5.85. The van der Waals surface area contributed by atoms with Crippen LogP contribution in [0.15, 0.2) is 29.9 Å². The van der Waals surface area contributed by atoms with Gasteiger partial charge in [-0.2, -0.15) is 0 Å². The number of carbonyl (C=O) groups excluding carboxylic acids is 1. The van der Waals surface area contributed by atoms with Crippen LogP contribution >= 0.6 is 34.5 Å². The second-order valence-electron chi connectivity index (χ2n) is 4.50. The molecule has 2 aromatic rings. The molecule has 0 fully saturated rings. The van der Waals surface area contributed by atoms with Crippen molar-refractivity contribution >= 4 is 40.4 Å². The third-order valence-corrected chi connectivity index (χ3v) is 3.98. The monoisotopic (exact) mass is 344 g/mol. The van der Waals surface area contributed by atoms with E-state index in [0.717, 1.165) is 11.3 Å². The Labute approximate surface area is 137 Å². The summed E-state index contributed by atoms with van der Waals surface area (Å²) in [5.74, 6) is 0.240. The summed E-state index contributed by atoms with van der Waals surface area (Å²) in [7, 11) is 0. The number of benzene rings is 1. The Balaban J connectivity index is 1.79. The number of amides is 1. The number of thiazole rings is 1. The lowest BCUT2D eigenvalue weighted by atomic mass is 10.2. The second-order valence-corrected chi connectivity index (χ2v) is 6.32. The van der Waals surface area contributed by atoms with Crippen molar-refractivity contribution in [2.45, 2.75) is 19.4 Å². The minimum Gasteiger partial charge on any atom is -0.482 e. The molecule has 0 saturated carbocycles.